The lowest BCUT2D eigenvalue weighted by Gasteiger charge is -2.16. The van der Waals surface area contributed by atoms with Crippen LogP contribution in [-0.2, 0) is 9.53 Å². The molecule has 0 saturated heterocycles. The van der Waals surface area contributed by atoms with Gasteiger partial charge in [0, 0.05) is 29.6 Å². The van der Waals surface area contributed by atoms with Crippen molar-refractivity contribution in [2.45, 2.75) is 38.6 Å². The molecule has 22 heavy (non-hydrogen) atoms. The molecule has 1 aromatic heterocycles. The van der Waals surface area contributed by atoms with E-state index >= 15 is 0 Å². The third kappa shape index (κ3) is 2.58. The maximum absolute atomic E-state index is 12.6. The summed E-state index contributed by atoms with van der Waals surface area (Å²) in [6, 6.07) is 5.49. The maximum Gasteiger partial charge on any atom is 0.302 e. The molecular weight excluding hydrogens is 280 g/mol. The number of pyridine rings is 1. The van der Waals surface area contributed by atoms with E-state index in [9.17, 15) is 9.59 Å². The molecule has 0 aliphatic heterocycles. The van der Waals surface area contributed by atoms with Gasteiger partial charge in [0.05, 0.1) is 6.04 Å². The summed E-state index contributed by atoms with van der Waals surface area (Å²) in [5, 5.41) is 1.42. The van der Waals surface area contributed by atoms with E-state index in [0.717, 1.165) is 16.6 Å². The van der Waals surface area contributed by atoms with Crippen molar-refractivity contribution in [3.8, 4) is 0 Å². The van der Waals surface area contributed by atoms with Crippen molar-refractivity contribution in [1.82, 2.24) is 4.57 Å². The van der Waals surface area contributed by atoms with Crippen LogP contribution in [0.2, 0.25) is 0 Å². The first-order chi connectivity index (χ1) is 10.5. The first-order valence-corrected chi connectivity index (χ1v) is 7.55. The summed E-state index contributed by atoms with van der Waals surface area (Å²) in [7, 11) is 0. The minimum atomic E-state index is -0.348. The predicted molar refractivity (Wildman–Crippen MR) is 85.9 cm³/mol. The SMILES string of the molecule is CC(=O)OCC(C)n1ccc2c(N)c(C3CC3)ccc2c1=O. The van der Waals surface area contributed by atoms with Gasteiger partial charge in [-0.05, 0) is 43.4 Å². The van der Waals surface area contributed by atoms with Crippen molar-refractivity contribution < 1.29 is 9.53 Å². The van der Waals surface area contributed by atoms with E-state index < -0.39 is 0 Å². The second kappa shape index (κ2) is 5.48. The quantitative estimate of drug-likeness (QED) is 0.695. The van der Waals surface area contributed by atoms with Crippen LogP contribution in [0.5, 0.6) is 0 Å². The Balaban J connectivity index is 2.01. The number of esters is 1. The van der Waals surface area contributed by atoms with Crippen LogP contribution in [0, 0.1) is 0 Å². The number of hydrogen-bond acceptors (Lipinski definition) is 4. The number of rotatable bonds is 4. The summed E-state index contributed by atoms with van der Waals surface area (Å²) in [5.41, 5.74) is 8.00. The van der Waals surface area contributed by atoms with Crippen molar-refractivity contribution in [2.24, 2.45) is 0 Å². The number of aromatic nitrogens is 1. The van der Waals surface area contributed by atoms with Crippen molar-refractivity contribution in [3.05, 3.63) is 40.3 Å². The second-order valence-electron chi connectivity index (χ2n) is 5.98. The normalized spacial score (nSPS) is 15.7. The fourth-order valence-corrected chi connectivity index (χ4v) is 2.80. The Hall–Kier alpha value is -2.30. The van der Waals surface area contributed by atoms with Crippen LogP contribution < -0.4 is 11.3 Å². The Morgan fingerprint density at radius 1 is 1.36 bits per heavy atom. The number of hydrogen-bond donors (Lipinski definition) is 1. The molecule has 1 atom stereocenters. The maximum atomic E-state index is 12.6. The van der Waals surface area contributed by atoms with Crippen LogP contribution in [0.4, 0.5) is 5.69 Å². The molecule has 1 saturated carbocycles. The van der Waals surface area contributed by atoms with Gasteiger partial charge in [-0.3, -0.25) is 9.59 Å². The molecule has 1 aliphatic rings. The average Bonchev–Trinajstić information content (AvgIpc) is 3.30. The Morgan fingerprint density at radius 2 is 2.09 bits per heavy atom. The number of nitrogens with two attached hydrogens (primary N) is 1. The van der Waals surface area contributed by atoms with Crippen molar-refractivity contribution in [2.75, 3.05) is 12.3 Å². The third-order valence-electron chi connectivity index (χ3n) is 4.21. The summed E-state index contributed by atoms with van der Waals surface area (Å²) in [6.07, 6.45) is 4.07. The van der Waals surface area contributed by atoms with Gasteiger partial charge in [-0.1, -0.05) is 6.07 Å². The molecule has 1 aromatic carbocycles. The fraction of sp³-hybridized carbons (Fsp3) is 0.412. The average molecular weight is 300 g/mol. The van der Waals surface area contributed by atoms with Crippen LogP contribution in [0.15, 0.2) is 29.2 Å². The smallest absolute Gasteiger partial charge is 0.302 e. The Bertz CT molecular complexity index is 790. The minimum Gasteiger partial charge on any atom is -0.464 e. The van der Waals surface area contributed by atoms with E-state index in [-0.39, 0.29) is 24.2 Å². The molecular formula is C17H20N2O3. The molecule has 0 spiro atoms. The van der Waals surface area contributed by atoms with E-state index in [4.69, 9.17) is 10.5 Å². The van der Waals surface area contributed by atoms with E-state index in [0.29, 0.717) is 11.3 Å². The van der Waals surface area contributed by atoms with Crippen LogP contribution in [-0.4, -0.2) is 17.1 Å². The Morgan fingerprint density at radius 3 is 2.73 bits per heavy atom. The molecule has 0 bridgehead atoms. The first kappa shape index (κ1) is 14.6. The summed E-state index contributed by atoms with van der Waals surface area (Å²) < 4.78 is 6.57. The molecule has 5 heteroatoms. The van der Waals surface area contributed by atoms with Crippen LogP contribution >= 0.6 is 0 Å². The number of ether oxygens (including phenoxy) is 1. The van der Waals surface area contributed by atoms with Crippen LogP contribution in [0.1, 0.15) is 44.2 Å². The highest BCUT2D eigenvalue weighted by Crippen LogP contribution is 2.44. The van der Waals surface area contributed by atoms with E-state index in [1.165, 1.54) is 19.8 Å². The number of benzene rings is 1. The Kier molecular flexibility index (Phi) is 3.64. The summed E-state index contributed by atoms with van der Waals surface area (Å²) in [5.74, 6) is 0.203. The van der Waals surface area contributed by atoms with Gasteiger partial charge in [0.25, 0.3) is 5.56 Å². The van der Waals surface area contributed by atoms with Gasteiger partial charge in [0.1, 0.15) is 6.61 Å². The second-order valence-corrected chi connectivity index (χ2v) is 5.98. The Labute approximate surface area is 128 Å². The van der Waals surface area contributed by atoms with Crippen molar-refractivity contribution >= 4 is 22.4 Å². The van der Waals surface area contributed by atoms with Gasteiger partial charge >= 0.3 is 5.97 Å². The van der Waals surface area contributed by atoms with Crippen molar-refractivity contribution in [3.63, 3.8) is 0 Å². The minimum absolute atomic E-state index is 0.105. The number of carbonyl (C=O) groups excluding carboxylic acids is 1. The molecule has 1 heterocycles. The molecule has 0 radical (unpaired) electrons. The molecule has 1 aliphatic carbocycles. The number of nitrogen functional groups attached to an aromatic ring is 1. The van der Waals surface area contributed by atoms with E-state index in [1.54, 1.807) is 10.8 Å². The van der Waals surface area contributed by atoms with E-state index in [2.05, 4.69) is 0 Å². The monoisotopic (exact) mass is 300 g/mol. The zero-order valence-corrected chi connectivity index (χ0v) is 12.8. The van der Waals surface area contributed by atoms with Gasteiger partial charge in [0.2, 0.25) is 0 Å². The lowest BCUT2D eigenvalue weighted by Crippen LogP contribution is -2.26. The summed E-state index contributed by atoms with van der Waals surface area (Å²) in [4.78, 5) is 23.5. The highest BCUT2D eigenvalue weighted by molar-refractivity contribution is 5.94. The number of fused-ring (bicyclic) bond motifs is 1. The number of nitrogens with zero attached hydrogens (tertiary/aromatic N) is 1. The molecule has 5 nitrogen and oxygen atoms in total. The van der Waals surface area contributed by atoms with Gasteiger partial charge in [-0.2, -0.15) is 0 Å². The molecule has 3 rings (SSSR count). The highest BCUT2D eigenvalue weighted by atomic mass is 16.5. The zero-order chi connectivity index (χ0) is 15.9. The summed E-state index contributed by atoms with van der Waals surface area (Å²) in [6.45, 7) is 3.38. The standard InChI is InChI=1S/C17H20N2O3/c1-10(9-22-11(2)20)19-8-7-14-15(17(19)21)6-5-13(16(14)18)12-3-4-12/h5-8,10,12H,3-4,9,18H2,1-2H3. The number of carbonyl (C=O) groups is 1. The predicted octanol–water partition coefficient (Wildman–Crippen LogP) is 2.59. The lowest BCUT2D eigenvalue weighted by atomic mass is 10.0. The number of anilines is 1. The summed E-state index contributed by atoms with van der Waals surface area (Å²) >= 11 is 0. The molecule has 2 N–H and O–H groups in total. The van der Waals surface area contributed by atoms with Crippen LogP contribution in [0.3, 0.4) is 0 Å². The highest BCUT2D eigenvalue weighted by Gasteiger charge is 2.26. The zero-order valence-electron chi connectivity index (χ0n) is 12.8. The van der Waals surface area contributed by atoms with Gasteiger partial charge < -0.3 is 15.0 Å². The van der Waals surface area contributed by atoms with E-state index in [1.807, 2.05) is 25.1 Å². The molecule has 2 aromatic rings. The van der Waals surface area contributed by atoms with Crippen molar-refractivity contribution in [1.29, 1.82) is 0 Å². The van der Waals surface area contributed by atoms with Gasteiger partial charge in [-0.15, -0.1) is 0 Å². The topological polar surface area (TPSA) is 74.3 Å². The largest absolute Gasteiger partial charge is 0.464 e. The van der Waals surface area contributed by atoms with Gasteiger partial charge in [-0.25, -0.2) is 0 Å². The first-order valence-electron chi connectivity index (χ1n) is 7.55. The molecule has 116 valence electrons. The molecule has 1 unspecified atom stereocenters. The lowest BCUT2D eigenvalue weighted by molar-refractivity contribution is -0.141. The van der Waals surface area contributed by atoms with Gasteiger partial charge in [0.15, 0.2) is 0 Å². The fourth-order valence-electron chi connectivity index (χ4n) is 2.80. The molecule has 1 fully saturated rings. The van der Waals surface area contributed by atoms with Crippen LogP contribution in [0.25, 0.3) is 10.8 Å². The molecule has 0 amide bonds. The third-order valence-corrected chi connectivity index (χ3v) is 4.21.